The first kappa shape index (κ1) is 11.1. The van der Waals surface area contributed by atoms with Gasteiger partial charge in [-0.15, -0.1) is 0 Å². The van der Waals surface area contributed by atoms with Crippen molar-refractivity contribution in [1.29, 1.82) is 0 Å². The first-order valence-corrected chi connectivity index (χ1v) is 2.72. The summed E-state index contributed by atoms with van der Waals surface area (Å²) in [5.74, 6) is 0. The molecular weight excluding hydrogens is 108 g/mol. The van der Waals surface area contributed by atoms with Gasteiger partial charge in [-0.25, -0.2) is 0 Å². The fourth-order valence-electron chi connectivity index (χ4n) is 0.331. The third-order valence-electron chi connectivity index (χ3n) is 0.684. The quantitative estimate of drug-likeness (QED) is 0.495. The summed E-state index contributed by atoms with van der Waals surface area (Å²) in [5.41, 5.74) is 1.09. The van der Waals surface area contributed by atoms with Crippen molar-refractivity contribution in [3.8, 4) is 0 Å². The van der Waals surface area contributed by atoms with Crippen LogP contribution in [0.2, 0.25) is 0 Å². The van der Waals surface area contributed by atoms with E-state index in [1.807, 2.05) is 38.2 Å². The predicted molar refractivity (Wildman–Crippen MR) is 45.5 cm³/mol. The van der Waals surface area contributed by atoms with Gasteiger partial charge in [0.15, 0.2) is 0 Å². The van der Waals surface area contributed by atoms with Gasteiger partial charge in [-0.2, -0.15) is 0 Å². The highest BCUT2D eigenvalue weighted by atomic mass is 13.7. The lowest BCUT2D eigenvalue weighted by Gasteiger charge is -1.78. The molecule has 0 aromatic carbocycles. The van der Waals surface area contributed by atoms with Gasteiger partial charge >= 0.3 is 0 Å². The van der Waals surface area contributed by atoms with E-state index >= 15 is 0 Å². The molecule has 0 N–H and O–H groups in total. The van der Waals surface area contributed by atoms with Crippen LogP contribution in [0.1, 0.15) is 21.3 Å². The second-order valence-corrected chi connectivity index (χ2v) is 1.73. The third kappa shape index (κ3) is 11.0. The summed E-state index contributed by atoms with van der Waals surface area (Å²) in [6, 6.07) is 0. The minimum atomic E-state index is 0. The lowest BCUT2D eigenvalue weighted by atomic mass is 10.3. The van der Waals surface area contributed by atoms with Crippen LogP contribution >= 0.6 is 0 Å². The van der Waals surface area contributed by atoms with Crippen molar-refractivity contribution in [2.45, 2.75) is 21.3 Å². The Morgan fingerprint density at radius 3 is 2.22 bits per heavy atom. The van der Waals surface area contributed by atoms with Gasteiger partial charge in [0.25, 0.3) is 0 Å². The summed E-state index contributed by atoms with van der Waals surface area (Å²) >= 11 is 0. The summed E-state index contributed by atoms with van der Waals surface area (Å²) in [6.45, 7) is 7.67. The average molecular weight is 124 g/mol. The monoisotopic (exact) mass is 124 g/mol. The van der Waals surface area contributed by atoms with Crippen LogP contribution in [-0.2, 0) is 0 Å². The van der Waals surface area contributed by atoms with Crippen molar-refractivity contribution in [1.82, 2.24) is 0 Å². The fourth-order valence-corrected chi connectivity index (χ4v) is 0.331. The molecule has 0 aliphatic heterocycles. The van der Waals surface area contributed by atoms with Crippen LogP contribution in [0.3, 0.4) is 0 Å². The van der Waals surface area contributed by atoms with Gasteiger partial charge in [0.1, 0.15) is 0 Å². The predicted octanol–water partition coefficient (Wildman–Crippen LogP) is 3.33. The standard InChI is InChI=1S/C8H12.CH4/c1-4-5-6-7-8(2)3;/h4-7H,2H2,1,3H3;1H4/b5-4-,7-6-;. The van der Waals surface area contributed by atoms with Gasteiger partial charge in [-0.05, 0) is 13.8 Å². The normalized spacial score (nSPS) is 10.0. The smallest absolute Gasteiger partial charge is 0.0404 e. The Labute approximate surface area is 58.6 Å². The van der Waals surface area contributed by atoms with Gasteiger partial charge < -0.3 is 0 Å². The summed E-state index contributed by atoms with van der Waals surface area (Å²) < 4.78 is 0. The molecule has 0 saturated heterocycles. The lowest BCUT2D eigenvalue weighted by Crippen LogP contribution is -1.56. The molecule has 0 bridgehead atoms. The maximum atomic E-state index is 3.71. The lowest BCUT2D eigenvalue weighted by molar-refractivity contribution is 1.56. The van der Waals surface area contributed by atoms with E-state index in [-0.39, 0.29) is 7.43 Å². The van der Waals surface area contributed by atoms with Crippen molar-refractivity contribution >= 4 is 0 Å². The highest BCUT2D eigenvalue weighted by Gasteiger charge is 1.66. The Balaban J connectivity index is 0. The molecule has 0 atom stereocenters. The molecule has 0 heteroatoms. The molecule has 9 heavy (non-hydrogen) atoms. The van der Waals surface area contributed by atoms with E-state index in [1.54, 1.807) is 0 Å². The Morgan fingerprint density at radius 2 is 1.89 bits per heavy atom. The molecule has 52 valence electrons. The summed E-state index contributed by atoms with van der Waals surface area (Å²) in [6.07, 6.45) is 7.91. The molecular formula is C9H16. The second-order valence-electron chi connectivity index (χ2n) is 1.73. The molecule has 0 unspecified atom stereocenters. The van der Waals surface area contributed by atoms with Crippen LogP contribution in [0.15, 0.2) is 36.5 Å². The van der Waals surface area contributed by atoms with Crippen LogP contribution < -0.4 is 0 Å². The number of hydrogen-bond donors (Lipinski definition) is 0. The Hall–Kier alpha value is -0.780. The van der Waals surface area contributed by atoms with Gasteiger partial charge in [0, 0.05) is 0 Å². The largest absolute Gasteiger partial charge is 0.0961 e. The molecule has 0 saturated carbocycles. The molecule has 0 aromatic rings. The van der Waals surface area contributed by atoms with Crippen molar-refractivity contribution < 1.29 is 0 Å². The van der Waals surface area contributed by atoms with E-state index in [0.717, 1.165) is 5.57 Å². The zero-order chi connectivity index (χ0) is 6.41. The van der Waals surface area contributed by atoms with E-state index in [2.05, 4.69) is 6.58 Å². The van der Waals surface area contributed by atoms with Crippen molar-refractivity contribution in [3.63, 3.8) is 0 Å². The van der Waals surface area contributed by atoms with E-state index in [1.165, 1.54) is 0 Å². The molecule has 0 aromatic heterocycles. The number of allylic oxidation sites excluding steroid dienone is 5. The van der Waals surface area contributed by atoms with Crippen LogP contribution in [-0.4, -0.2) is 0 Å². The SMILES string of the molecule is C.C=C(C)/C=C\C=C/C. The Kier molecular flexibility index (Phi) is 8.89. The van der Waals surface area contributed by atoms with Gasteiger partial charge in [-0.1, -0.05) is 43.9 Å². The highest BCUT2D eigenvalue weighted by molar-refractivity contribution is 5.16. The maximum absolute atomic E-state index is 3.71. The van der Waals surface area contributed by atoms with E-state index in [9.17, 15) is 0 Å². The number of rotatable bonds is 2. The van der Waals surface area contributed by atoms with Crippen molar-refractivity contribution in [3.05, 3.63) is 36.5 Å². The first-order valence-electron chi connectivity index (χ1n) is 2.72. The zero-order valence-electron chi connectivity index (χ0n) is 5.52. The minimum absolute atomic E-state index is 0. The molecule has 0 fully saturated rings. The van der Waals surface area contributed by atoms with Crippen LogP contribution in [0.4, 0.5) is 0 Å². The van der Waals surface area contributed by atoms with E-state index in [0.29, 0.717) is 0 Å². The zero-order valence-corrected chi connectivity index (χ0v) is 5.52. The van der Waals surface area contributed by atoms with Crippen molar-refractivity contribution in [2.24, 2.45) is 0 Å². The van der Waals surface area contributed by atoms with Crippen LogP contribution in [0.25, 0.3) is 0 Å². The molecule has 0 spiro atoms. The fraction of sp³-hybridized carbons (Fsp3) is 0.333. The Morgan fingerprint density at radius 1 is 1.33 bits per heavy atom. The Bertz CT molecular complexity index is 116. The summed E-state index contributed by atoms with van der Waals surface area (Å²) in [7, 11) is 0. The molecule has 0 aliphatic carbocycles. The van der Waals surface area contributed by atoms with Crippen LogP contribution in [0, 0.1) is 0 Å². The van der Waals surface area contributed by atoms with Crippen molar-refractivity contribution in [2.75, 3.05) is 0 Å². The van der Waals surface area contributed by atoms with E-state index < -0.39 is 0 Å². The summed E-state index contributed by atoms with van der Waals surface area (Å²) in [4.78, 5) is 0. The van der Waals surface area contributed by atoms with E-state index in [4.69, 9.17) is 0 Å². The van der Waals surface area contributed by atoms with Gasteiger partial charge in [0.05, 0.1) is 0 Å². The minimum Gasteiger partial charge on any atom is -0.0961 e. The molecule has 0 nitrogen and oxygen atoms in total. The first-order chi connectivity index (χ1) is 3.77. The average Bonchev–Trinajstić information content (AvgIpc) is 1.66. The molecule has 0 heterocycles. The third-order valence-corrected chi connectivity index (χ3v) is 0.684. The molecule has 0 radical (unpaired) electrons. The molecule has 0 rings (SSSR count). The van der Waals surface area contributed by atoms with Crippen LogP contribution in [0.5, 0.6) is 0 Å². The molecule has 0 amide bonds. The molecule has 0 aliphatic rings. The van der Waals surface area contributed by atoms with Gasteiger partial charge in [0.2, 0.25) is 0 Å². The van der Waals surface area contributed by atoms with Gasteiger partial charge in [-0.3, -0.25) is 0 Å². The number of hydrogen-bond acceptors (Lipinski definition) is 0. The highest BCUT2D eigenvalue weighted by Crippen LogP contribution is 1.88. The second kappa shape index (κ2) is 7.22. The topological polar surface area (TPSA) is 0 Å². The maximum Gasteiger partial charge on any atom is -0.0404 e. The summed E-state index contributed by atoms with van der Waals surface area (Å²) in [5, 5.41) is 0.